The molecule has 21 heavy (non-hydrogen) atoms. The molecule has 0 radical (unpaired) electrons. The van der Waals surface area contributed by atoms with Crippen LogP contribution in [0.15, 0.2) is 47.5 Å². The Kier molecular flexibility index (Phi) is 4.52. The van der Waals surface area contributed by atoms with Crippen molar-refractivity contribution in [1.29, 1.82) is 5.26 Å². The summed E-state index contributed by atoms with van der Waals surface area (Å²) in [5.74, 6) is 0.407. The molecular formula is C14H13N3O3S. The minimum atomic E-state index is -3.75. The van der Waals surface area contributed by atoms with E-state index in [0.717, 1.165) is 0 Å². The summed E-state index contributed by atoms with van der Waals surface area (Å²) in [5.41, 5.74) is 0.817. The van der Waals surface area contributed by atoms with Gasteiger partial charge in [0.25, 0.3) is 0 Å². The summed E-state index contributed by atoms with van der Waals surface area (Å²) in [6, 6.07) is 11.2. The quantitative estimate of drug-likeness (QED) is 0.902. The number of benzene rings is 1. The fourth-order valence-electron chi connectivity index (χ4n) is 1.72. The van der Waals surface area contributed by atoms with Crippen LogP contribution in [-0.4, -0.2) is 20.5 Å². The van der Waals surface area contributed by atoms with Gasteiger partial charge in [-0.1, -0.05) is 12.1 Å². The number of aromatic nitrogens is 1. The van der Waals surface area contributed by atoms with Crippen LogP contribution in [0.1, 0.15) is 11.1 Å². The number of hydrogen-bond donors (Lipinski definition) is 1. The molecule has 1 N–H and O–H groups in total. The van der Waals surface area contributed by atoms with Crippen LogP contribution in [0.25, 0.3) is 0 Å². The van der Waals surface area contributed by atoms with Crippen LogP contribution >= 0.6 is 0 Å². The van der Waals surface area contributed by atoms with E-state index in [9.17, 15) is 8.42 Å². The largest absolute Gasteiger partial charge is 0.481 e. The Morgan fingerprint density at radius 3 is 2.81 bits per heavy atom. The topological polar surface area (TPSA) is 92.1 Å². The van der Waals surface area contributed by atoms with E-state index in [1.807, 2.05) is 6.07 Å². The second kappa shape index (κ2) is 6.35. The molecule has 0 fully saturated rings. The van der Waals surface area contributed by atoms with Crippen LogP contribution < -0.4 is 9.46 Å². The maximum absolute atomic E-state index is 12.2. The highest BCUT2D eigenvalue weighted by Gasteiger charge is 2.17. The van der Waals surface area contributed by atoms with Crippen molar-refractivity contribution in [2.45, 2.75) is 11.4 Å². The lowest BCUT2D eigenvalue weighted by atomic mass is 10.2. The third kappa shape index (κ3) is 3.56. The minimum absolute atomic E-state index is 0.0338. The fourth-order valence-corrected chi connectivity index (χ4v) is 2.89. The Morgan fingerprint density at radius 2 is 2.10 bits per heavy atom. The molecule has 0 aliphatic carbocycles. The first-order valence-electron chi connectivity index (χ1n) is 6.04. The van der Waals surface area contributed by atoms with Crippen molar-refractivity contribution in [2.24, 2.45) is 0 Å². The third-order valence-electron chi connectivity index (χ3n) is 2.77. The van der Waals surface area contributed by atoms with Gasteiger partial charge in [-0.25, -0.2) is 18.1 Å². The molecule has 0 saturated heterocycles. The number of sulfonamides is 1. The van der Waals surface area contributed by atoms with Crippen LogP contribution in [-0.2, 0) is 16.6 Å². The second-order valence-electron chi connectivity index (χ2n) is 4.14. The van der Waals surface area contributed by atoms with Crippen LogP contribution in [0, 0.1) is 11.3 Å². The van der Waals surface area contributed by atoms with E-state index in [1.165, 1.54) is 25.4 Å². The molecule has 0 amide bonds. The molecule has 0 aliphatic heterocycles. The number of pyridine rings is 1. The Morgan fingerprint density at radius 1 is 1.33 bits per heavy atom. The number of nitriles is 1. The molecule has 0 saturated carbocycles. The molecule has 0 atom stereocenters. The number of methoxy groups -OCH3 is 1. The fraction of sp³-hybridized carbons (Fsp3) is 0.143. The molecule has 6 nitrogen and oxygen atoms in total. The molecule has 0 unspecified atom stereocenters. The predicted molar refractivity (Wildman–Crippen MR) is 76.0 cm³/mol. The molecule has 0 spiro atoms. The van der Waals surface area contributed by atoms with E-state index in [-0.39, 0.29) is 17.0 Å². The zero-order chi connectivity index (χ0) is 15.3. The lowest BCUT2D eigenvalue weighted by molar-refractivity contribution is 0.397. The first-order valence-corrected chi connectivity index (χ1v) is 7.53. The van der Waals surface area contributed by atoms with Gasteiger partial charge in [0.05, 0.1) is 17.6 Å². The zero-order valence-electron chi connectivity index (χ0n) is 11.3. The van der Waals surface area contributed by atoms with Gasteiger partial charge >= 0.3 is 0 Å². The Balaban J connectivity index is 2.20. The zero-order valence-corrected chi connectivity index (χ0v) is 12.1. The van der Waals surface area contributed by atoms with Crippen LogP contribution in [0.2, 0.25) is 0 Å². The molecule has 7 heteroatoms. The summed E-state index contributed by atoms with van der Waals surface area (Å²) in [5, 5.41) is 8.97. The minimum Gasteiger partial charge on any atom is -0.481 e. The molecular weight excluding hydrogens is 290 g/mol. The Labute approximate surface area is 123 Å². The summed E-state index contributed by atoms with van der Waals surface area (Å²) in [4.78, 5) is 3.91. The highest BCUT2D eigenvalue weighted by molar-refractivity contribution is 7.89. The van der Waals surface area contributed by atoms with Crippen molar-refractivity contribution in [2.75, 3.05) is 7.11 Å². The number of nitrogens with one attached hydrogen (secondary N) is 1. The van der Waals surface area contributed by atoms with Crippen LogP contribution in [0.5, 0.6) is 5.88 Å². The van der Waals surface area contributed by atoms with Crippen LogP contribution in [0.3, 0.4) is 0 Å². The molecule has 1 heterocycles. The van der Waals surface area contributed by atoms with Gasteiger partial charge < -0.3 is 4.74 Å². The smallest absolute Gasteiger partial charge is 0.242 e. The average Bonchev–Trinajstić information content (AvgIpc) is 2.53. The standard InChI is InChI=1S/C14H13N3O3S/c1-20-14-8-11(6-7-16-14)10-17-21(18,19)13-5-3-2-4-12(13)9-15/h2-8,17H,10H2,1H3. The first kappa shape index (κ1) is 15.0. The summed E-state index contributed by atoms with van der Waals surface area (Å²) in [7, 11) is -2.27. The van der Waals surface area contributed by atoms with Gasteiger partial charge in [0.15, 0.2) is 0 Å². The van der Waals surface area contributed by atoms with Gasteiger partial charge in [-0.2, -0.15) is 5.26 Å². The van der Waals surface area contributed by atoms with Crippen molar-refractivity contribution >= 4 is 10.0 Å². The lowest BCUT2D eigenvalue weighted by Crippen LogP contribution is -2.24. The van der Waals surface area contributed by atoms with Gasteiger partial charge in [0.1, 0.15) is 6.07 Å². The van der Waals surface area contributed by atoms with Crippen molar-refractivity contribution < 1.29 is 13.2 Å². The van der Waals surface area contributed by atoms with Gasteiger partial charge in [-0.15, -0.1) is 0 Å². The molecule has 0 bridgehead atoms. The van der Waals surface area contributed by atoms with E-state index in [0.29, 0.717) is 11.4 Å². The Bertz CT molecular complexity index is 782. The maximum atomic E-state index is 12.2. The molecule has 0 aliphatic rings. The van der Waals surface area contributed by atoms with Crippen molar-refractivity contribution in [3.63, 3.8) is 0 Å². The molecule has 1 aromatic carbocycles. The average molecular weight is 303 g/mol. The van der Waals surface area contributed by atoms with E-state index in [1.54, 1.807) is 24.3 Å². The third-order valence-corrected chi connectivity index (χ3v) is 4.23. The van der Waals surface area contributed by atoms with Crippen molar-refractivity contribution in [1.82, 2.24) is 9.71 Å². The molecule has 2 rings (SSSR count). The van der Waals surface area contributed by atoms with Crippen molar-refractivity contribution in [3.8, 4) is 11.9 Å². The monoisotopic (exact) mass is 303 g/mol. The second-order valence-corrected chi connectivity index (χ2v) is 5.87. The van der Waals surface area contributed by atoms with E-state index in [2.05, 4.69) is 9.71 Å². The molecule has 1 aromatic heterocycles. The van der Waals surface area contributed by atoms with Gasteiger partial charge in [-0.05, 0) is 23.8 Å². The van der Waals surface area contributed by atoms with Gasteiger partial charge in [-0.3, -0.25) is 0 Å². The lowest BCUT2D eigenvalue weighted by Gasteiger charge is -2.08. The summed E-state index contributed by atoms with van der Waals surface area (Å²) >= 11 is 0. The van der Waals surface area contributed by atoms with Crippen molar-refractivity contribution in [3.05, 3.63) is 53.7 Å². The predicted octanol–water partition coefficient (Wildman–Crippen LogP) is 1.44. The SMILES string of the molecule is COc1cc(CNS(=O)(=O)c2ccccc2C#N)ccn1. The van der Waals surface area contributed by atoms with Gasteiger partial charge in [0.2, 0.25) is 15.9 Å². The van der Waals surface area contributed by atoms with Gasteiger partial charge in [0, 0.05) is 18.8 Å². The number of hydrogen-bond acceptors (Lipinski definition) is 5. The first-order chi connectivity index (χ1) is 10.1. The molecule has 2 aromatic rings. The number of ether oxygens (including phenoxy) is 1. The maximum Gasteiger partial charge on any atom is 0.242 e. The van der Waals surface area contributed by atoms with E-state index < -0.39 is 10.0 Å². The normalized spacial score (nSPS) is 10.9. The highest BCUT2D eigenvalue weighted by atomic mass is 32.2. The van der Waals surface area contributed by atoms with E-state index >= 15 is 0 Å². The summed E-state index contributed by atoms with van der Waals surface area (Å²) in [6.45, 7) is 0.0843. The highest BCUT2D eigenvalue weighted by Crippen LogP contribution is 2.15. The summed E-state index contributed by atoms with van der Waals surface area (Å²) in [6.07, 6.45) is 1.53. The molecule has 108 valence electrons. The number of rotatable bonds is 5. The van der Waals surface area contributed by atoms with Crippen LogP contribution in [0.4, 0.5) is 0 Å². The summed E-state index contributed by atoms with van der Waals surface area (Å²) < 4.78 is 31.9. The number of nitrogens with zero attached hydrogens (tertiary/aromatic N) is 2. The Hall–Kier alpha value is -2.43. The van der Waals surface area contributed by atoms with E-state index in [4.69, 9.17) is 10.00 Å².